The highest BCUT2D eigenvalue weighted by Gasteiger charge is 1.97. The molecule has 0 atom stereocenters. The van der Waals surface area contributed by atoms with Crippen LogP contribution in [0.25, 0.3) is 0 Å². The van der Waals surface area contributed by atoms with E-state index in [0.717, 1.165) is 6.21 Å². The average molecular weight is 148 g/mol. The summed E-state index contributed by atoms with van der Waals surface area (Å²) >= 11 is 0. The fraction of sp³-hybridized carbons (Fsp3) is 0.125. The molecule has 11 heavy (non-hydrogen) atoms. The number of nitrogens with zero attached hydrogens (tertiary/aromatic N) is 1. The highest BCUT2D eigenvalue weighted by atomic mass is 16.1. The second-order valence-electron chi connectivity index (χ2n) is 2.17. The third-order valence-electron chi connectivity index (χ3n) is 1.34. The number of Topliss-reactive ketones (excluding diaryl/α,β-unsaturated/α-hetero) is 1. The highest BCUT2D eigenvalue weighted by Crippen LogP contribution is 1.98. The Morgan fingerprint density at radius 3 is 2.73 bits per heavy atom. The van der Waals surface area contributed by atoms with Crippen molar-refractivity contribution in [3.8, 4) is 0 Å². The van der Waals surface area contributed by atoms with Gasteiger partial charge in [-0.3, -0.25) is 9.78 Å². The molecule has 1 aromatic rings. The molecule has 0 saturated heterocycles. The largest absolute Gasteiger partial charge is 0.307 e. The van der Waals surface area contributed by atoms with E-state index >= 15 is 0 Å². The van der Waals surface area contributed by atoms with Crippen molar-refractivity contribution >= 4 is 12.0 Å². The topological polar surface area (TPSA) is 53.8 Å². The van der Waals surface area contributed by atoms with Crippen LogP contribution in [-0.2, 0) is 0 Å². The first-order valence-corrected chi connectivity index (χ1v) is 3.21. The van der Waals surface area contributed by atoms with E-state index in [2.05, 4.69) is 4.98 Å². The van der Waals surface area contributed by atoms with Crippen LogP contribution in [-0.4, -0.2) is 17.0 Å². The maximum atomic E-state index is 10.7. The molecule has 0 amide bonds. The second kappa shape index (κ2) is 3.05. The van der Waals surface area contributed by atoms with Crippen molar-refractivity contribution in [3.63, 3.8) is 0 Å². The van der Waals surface area contributed by atoms with Crippen molar-refractivity contribution in [3.05, 3.63) is 29.6 Å². The van der Waals surface area contributed by atoms with Gasteiger partial charge in [0.05, 0.1) is 5.69 Å². The number of hydrogen-bond donors (Lipinski definition) is 1. The summed E-state index contributed by atoms with van der Waals surface area (Å²) in [6.07, 6.45) is 2.62. The highest BCUT2D eigenvalue weighted by molar-refractivity contribution is 5.94. The molecule has 1 aromatic heterocycles. The molecule has 0 aliphatic rings. The minimum Gasteiger partial charge on any atom is -0.307 e. The third-order valence-corrected chi connectivity index (χ3v) is 1.34. The number of hydrogen-bond acceptors (Lipinski definition) is 3. The molecule has 1 N–H and O–H groups in total. The van der Waals surface area contributed by atoms with Gasteiger partial charge in [-0.1, -0.05) is 0 Å². The van der Waals surface area contributed by atoms with Crippen molar-refractivity contribution in [2.24, 2.45) is 0 Å². The Balaban J connectivity index is 3.00. The summed E-state index contributed by atoms with van der Waals surface area (Å²) in [6.45, 7) is 1.49. The van der Waals surface area contributed by atoms with Gasteiger partial charge in [-0.2, -0.15) is 0 Å². The molecule has 0 aromatic carbocycles. The van der Waals surface area contributed by atoms with Gasteiger partial charge >= 0.3 is 0 Å². The molecule has 0 aliphatic carbocycles. The zero-order chi connectivity index (χ0) is 8.27. The Hall–Kier alpha value is -1.51. The summed E-state index contributed by atoms with van der Waals surface area (Å²) in [5.74, 6) is -0.00553. The van der Waals surface area contributed by atoms with E-state index in [1.54, 1.807) is 12.1 Å². The lowest BCUT2D eigenvalue weighted by molar-refractivity contribution is 0.101. The number of aromatic nitrogens is 1. The van der Waals surface area contributed by atoms with Gasteiger partial charge in [-0.15, -0.1) is 0 Å². The van der Waals surface area contributed by atoms with Crippen LogP contribution in [0, 0.1) is 5.41 Å². The van der Waals surface area contributed by atoms with Gasteiger partial charge in [0.2, 0.25) is 0 Å². The fourth-order valence-corrected chi connectivity index (χ4v) is 0.699. The number of carbonyl (C=O) groups is 1. The lowest BCUT2D eigenvalue weighted by Crippen LogP contribution is -1.94. The lowest BCUT2D eigenvalue weighted by atomic mass is 10.2. The molecular formula is C8H8N2O. The van der Waals surface area contributed by atoms with Gasteiger partial charge < -0.3 is 5.41 Å². The zero-order valence-corrected chi connectivity index (χ0v) is 6.16. The normalized spacial score (nSPS) is 9.18. The fourth-order valence-electron chi connectivity index (χ4n) is 0.699. The van der Waals surface area contributed by atoms with E-state index in [0.29, 0.717) is 11.3 Å². The van der Waals surface area contributed by atoms with E-state index in [-0.39, 0.29) is 5.78 Å². The molecule has 0 saturated carbocycles. The summed E-state index contributed by atoms with van der Waals surface area (Å²) in [6, 6.07) is 3.30. The molecular weight excluding hydrogens is 140 g/mol. The molecule has 0 aliphatic heterocycles. The van der Waals surface area contributed by atoms with Gasteiger partial charge in [0.1, 0.15) is 0 Å². The standard InChI is InChI=1S/C8H8N2O/c1-6(11)7-2-3-8(4-9)10-5-7/h2-5,9H,1H3. The molecule has 0 fully saturated rings. The molecule has 0 unspecified atom stereocenters. The first-order valence-electron chi connectivity index (χ1n) is 3.21. The predicted molar refractivity (Wildman–Crippen MR) is 42.1 cm³/mol. The smallest absolute Gasteiger partial charge is 0.161 e. The van der Waals surface area contributed by atoms with Gasteiger partial charge in [-0.05, 0) is 19.1 Å². The van der Waals surface area contributed by atoms with Crippen molar-refractivity contribution in [1.82, 2.24) is 4.98 Å². The summed E-state index contributed by atoms with van der Waals surface area (Å²) in [4.78, 5) is 14.6. The molecule has 3 heteroatoms. The molecule has 0 spiro atoms. The summed E-state index contributed by atoms with van der Waals surface area (Å²) in [5, 5.41) is 6.85. The minimum atomic E-state index is -0.00553. The van der Waals surface area contributed by atoms with Gasteiger partial charge in [-0.25, -0.2) is 0 Å². The maximum Gasteiger partial charge on any atom is 0.161 e. The Kier molecular flexibility index (Phi) is 2.11. The Morgan fingerprint density at radius 1 is 1.64 bits per heavy atom. The summed E-state index contributed by atoms with van der Waals surface area (Å²) in [5.41, 5.74) is 1.14. The quantitative estimate of drug-likeness (QED) is 0.507. The number of ketones is 1. The van der Waals surface area contributed by atoms with Crippen LogP contribution >= 0.6 is 0 Å². The third kappa shape index (κ3) is 1.70. The van der Waals surface area contributed by atoms with Crippen molar-refractivity contribution in [2.45, 2.75) is 6.92 Å². The van der Waals surface area contributed by atoms with E-state index < -0.39 is 0 Å². The monoisotopic (exact) mass is 148 g/mol. The van der Waals surface area contributed by atoms with Crippen LogP contribution in [0.15, 0.2) is 18.3 Å². The van der Waals surface area contributed by atoms with Crippen molar-refractivity contribution in [2.75, 3.05) is 0 Å². The Morgan fingerprint density at radius 2 is 2.36 bits per heavy atom. The van der Waals surface area contributed by atoms with Gasteiger partial charge in [0.25, 0.3) is 0 Å². The lowest BCUT2D eigenvalue weighted by Gasteiger charge is -1.93. The van der Waals surface area contributed by atoms with E-state index in [1.807, 2.05) is 0 Å². The molecule has 1 heterocycles. The number of rotatable bonds is 2. The predicted octanol–water partition coefficient (Wildman–Crippen LogP) is 1.28. The molecule has 0 radical (unpaired) electrons. The van der Waals surface area contributed by atoms with Gasteiger partial charge in [0.15, 0.2) is 5.78 Å². The van der Waals surface area contributed by atoms with Crippen LogP contribution in [0.4, 0.5) is 0 Å². The zero-order valence-electron chi connectivity index (χ0n) is 6.16. The first-order chi connectivity index (χ1) is 5.24. The van der Waals surface area contributed by atoms with E-state index in [9.17, 15) is 4.79 Å². The van der Waals surface area contributed by atoms with Crippen LogP contribution < -0.4 is 0 Å². The van der Waals surface area contributed by atoms with Gasteiger partial charge in [0, 0.05) is 18.0 Å². The average Bonchev–Trinajstić information content (AvgIpc) is 2.05. The number of nitrogens with one attached hydrogen (secondary N) is 1. The number of pyridine rings is 1. The van der Waals surface area contributed by atoms with Crippen molar-refractivity contribution in [1.29, 1.82) is 5.41 Å². The SMILES string of the molecule is CC(=O)c1ccc(C=N)nc1. The second-order valence-corrected chi connectivity index (χ2v) is 2.17. The molecule has 56 valence electrons. The summed E-state index contributed by atoms with van der Waals surface area (Å²) < 4.78 is 0. The van der Waals surface area contributed by atoms with Crippen molar-refractivity contribution < 1.29 is 4.79 Å². The number of carbonyl (C=O) groups excluding carboxylic acids is 1. The first kappa shape index (κ1) is 7.60. The minimum absolute atomic E-state index is 0.00553. The Labute approximate surface area is 64.6 Å². The van der Waals surface area contributed by atoms with Crippen LogP contribution in [0.1, 0.15) is 23.0 Å². The van der Waals surface area contributed by atoms with Crippen LogP contribution in [0.5, 0.6) is 0 Å². The molecule has 1 rings (SSSR count). The maximum absolute atomic E-state index is 10.7. The van der Waals surface area contributed by atoms with E-state index in [1.165, 1.54) is 13.1 Å². The van der Waals surface area contributed by atoms with Crippen LogP contribution in [0.2, 0.25) is 0 Å². The molecule has 3 nitrogen and oxygen atoms in total. The Bertz CT molecular complexity index is 277. The summed E-state index contributed by atoms with van der Waals surface area (Å²) in [7, 11) is 0. The van der Waals surface area contributed by atoms with Crippen LogP contribution in [0.3, 0.4) is 0 Å². The van der Waals surface area contributed by atoms with E-state index in [4.69, 9.17) is 5.41 Å². The molecule has 0 bridgehead atoms.